The molecular weight excluding hydrogens is 372 g/mol. The fourth-order valence-corrected chi connectivity index (χ4v) is 4.26. The Morgan fingerprint density at radius 1 is 1.26 bits per heavy atom. The molecule has 0 spiro atoms. The second-order valence-electron chi connectivity index (χ2n) is 5.29. The molecule has 2 aliphatic heterocycles. The maximum atomic E-state index is 12.4. The zero-order valence-corrected chi connectivity index (χ0v) is 13.8. The number of amides is 1. The van der Waals surface area contributed by atoms with Crippen molar-refractivity contribution < 1.29 is 4.79 Å². The number of hydrogen-bond acceptors (Lipinski definition) is 2. The number of carbonyl (C=O) groups is 1. The lowest BCUT2D eigenvalue weighted by Crippen LogP contribution is -2.36. The summed E-state index contributed by atoms with van der Waals surface area (Å²) in [6.45, 7) is 3.79. The minimum absolute atomic E-state index is 0.176. The molecule has 0 radical (unpaired) electrons. The minimum Gasteiger partial charge on any atom is -0.334 e. The number of rotatable bonds is 2. The molecule has 1 amide bonds. The third-order valence-corrected chi connectivity index (χ3v) is 5.13. The maximum Gasteiger partial charge on any atom is 0.254 e. The van der Waals surface area contributed by atoms with Crippen LogP contribution in [0, 0.1) is 5.92 Å². The van der Waals surface area contributed by atoms with Crippen molar-refractivity contribution >= 4 is 37.8 Å². The first-order chi connectivity index (χ1) is 9.15. The third-order valence-electron chi connectivity index (χ3n) is 3.96. The van der Waals surface area contributed by atoms with Crippen LogP contribution in [-0.4, -0.2) is 30.4 Å². The first-order valence-electron chi connectivity index (χ1n) is 6.63. The Kier molecular flexibility index (Phi) is 3.96. The summed E-state index contributed by atoms with van der Waals surface area (Å²) in [4.78, 5) is 14.4. The largest absolute Gasteiger partial charge is 0.334 e. The van der Waals surface area contributed by atoms with E-state index in [9.17, 15) is 4.79 Å². The van der Waals surface area contributed by atoms with Gasteiger partial charge in [-0.25, -0.2) is 0 Å². The molecule has 1 aromatic rings. The second kappa shape index (κ2) is 5.54. The van der Waals surface area contributed by atoms with E-state index in [4.69, 9.17) is 0 Å². The molecule has 0 atom stereocenters. The molecule has 3 rings (SSSR count). The van der Waals surface area contributed by atoms with Gasteiger partial charge >= 0.3 is 0 Å². The lowest BCUT2D eigenvalue weighted by atomic mass is 9.98. The molecule has 1 fully saturated rings. The molecule has 0 aliphatic carbocycles. The number of hydrogen-bond donors (Lipinski definition) is 1. The predicted molar refractivity (Wildman–Crippen MR) is 82.2 cm³/mol. The summed E-state index contributed by atoms with van der Waals surface area (Å²) in [6.07, 6.45) is 2.34. The zero-order valence-electron chi connectivity index (χ0n) is 10.6. The van der Waals surface area contributed by atoms with Gasteiger partial charge in [-0.05, 0) is 49.5 Å². The molecule has 2 aliphatic rings. The highest BCUT2D eigenvalue weighted by molar-refractivity contribution is 9.11. The molecule has 5 heteroatoms. The SMILES string of the molecule is O=C1c2cc(Br)cc(Br)c2CN1CC1CCNCC1. The highest BCUT2D eigenvalue weighted by Crippen LogP contribution is 2.33. The van der Waals surface area contributed by atoms with E-state index in [0.717, 1.165) is 46.3 Å². The van der Waals surface area contributed by atoms with Gasteiger partial charge in [0.15, 0.2) is 0 Å². The van der Waals surface area contributed by atoms with Crippen molar-refractivity contribution in [1.82, 2.24) is 10.2 Å². The number of piperidine rings is 1. The smallest absolute Gasteiger partial charge is 0.254 e. The third kappa shape index (κ3) is 2.73. The first kappa shape index (κ1) is 13.6. The van der Waals surface area contributed by atoms with Crippen LogP contribution in [0.4, 0.5) is 0 Å². The number of nitrogens with one attached hydrogen (secondary N) is 1. The van der Waals surface area contributed by atoms with Gasteiger partial charge in [-0.15, -0.1) is 0 Å². The topological polar surface area (TPSA) is 32.3 Å². The maximum absolute atomic E-state index is 12.4. The van der Waals surface area contributed by atoms with Crippen molar-refractivity contribution in [3.8, 4) is 0 Å². The van der Waals surface area contributed by atoms with Crippen molar-refractivity contribution in [2.45, 2.75) is 19.4 Å². The number of carbonyl (C=O) groups excluding carboxylic acids is 1. The Morgan fingerprint density at radius 2 is 2.00 bits per heavy atom. The summed E-state index contributed by atoms with van der Waals surface area (Å²) in [5, 5.41) is 3.37. The van der Waals surface area contributed by atoms with Gasteiger partial charge in [-0.1, -0.05) is 31.9 Å². The Morgan fingerprint density at radius 3 is 2.74 bits per heavy atom. The summed E-state index contributed by atoms with van der Waals surface area (Å²) >= 11 is 7.01. The molecule has 1 N–H and O–H groups in total. The highest BCUT2D eigenvalue weighted by Gasteiger charge is 2.31. The van der Waals surface area contributed by atoms with Crippen molar-refractivity contribution in [2.75, 3.05) is 19.6 Å². The van der Waals surface area contributed by atoms with E-state index in [2.05, 4.69) is 37.2 Å². The molecule has 0 unspecified atom stereocenters. The Balaban J connectivity index is 1.77. The lowest BCUT2D eigenvalue weighted by Gasteiger charge is -2.27. The van der Waals surface area contributed by atoms with E-state index in [1.54, 1.807) is 0 Å². The molecule has 0 saturated carbocycles. The first-order valence-corrected chi connectivity index (χ1v) is 8.21. The van der Waals surface area contributed by atoms with Crippen LogP contribution in [0.25, 0.3) is 0 Å². The molecule has 102 valence electrons. The van der Waals surface area contributed by atoms with Crippen LogP contribution in [0.3, 0.4) is 0 Å². The van der Waals surface area contributed by atoms with Crippen LogP contribution in [0.15, 0.2) is 21.1 Å². The molecule has 1 saturated heterocycles. The van der Waals surface area contributed by atoms with Crippen LogP contribution >= 0.6 is 31.9 Å². The number of fused-ring (bicyclic) bond motifs is 1. The molecule has 19 heavy (non-hydrogen) atoms. The fourth-order valence-electron chi connectivity index (χ4n) is 2.91. The fraction of sp³-hybridized carbons (Fsp3) is 0.500. The molecule has 3 nitrogen and oxygen atoms in total. The van der Waals surface area contributed by atoms with Gasteiger partial charge < -0.3 is 10.2 Å². The second-order valence-corrected chi connectivity index (χ2v) is 7.06. The predicted octanol–water partition coefficient (Wildman–Crippen LogP) is 3.17. The van der Waals surface area contributed by atoms with Crippen molar-refractivity contribution in [3.05, 3.63) is 32.2 Å². The number of halogens is 2. The summed E-state index contributed by atoms with van der Waals surface area (Å²) < 4.78 is 1.98. The van der Waals surface area contributed by atoms with Crippen molar-refractivity contribution in [1.29, 1.82) is 0 Å². The van der Waals surface area contributed by atoms with Crippen LogP contribution in [-0.2, 0) is 6.54 Å². The van der Waals surface area contributed by atoms with E-state index in [1.807, 2.05) is 17.0 Å². The van der Waals surface area contributed by atoms with Crippen LogP contribution in [0.1, 0.15) is 28.8 Å². The normalized spacial score (nSPS) is 19.9. The monoisotopic (exact) mass is 386 g/mol. The summed E-state index contributed by atoms with van der Waals surface area (Å²) in [5.41, 5.74) is 1.97. The highest BCUT2D eigenvalue weighted by atomic mass is 79.9. The molecule has 2 heterocycles. The van der Waals surface area contributed by atoms with E-state index >= 15 is 0 Å². The van der Waals surface area contributed by atoms with Gasteiger partial charge in [0.2, 0.25) is 0 Å². The quantitative estimate of drug-likeness (QED) is 0.845. The standard InChI is InChI=1S/C14H16Br2N2O/c15-10-5-11-12(13(16)6-10)8-18(14(11)19)7-9-1-3-17-4-2-9/h5-6,9,17H,1-4,7-8H2. The summed E-state index contributed by atoms with van der Waals surface area (Å²) in [5.74, 6) is 0.817. The molecule has 0 aromatic heterocycles. The van der Waals surface area contributed by atoms with Gasteiger partial charge in [0, 0.05) is 27.6 Å². The van der Waals surface area contributed by atoms with Gasteiger partial charge in [-0.3, -0.25) is 4.79 Å². The molecule has 1 aromatic carbocycles. The van der Waals surface area contributed by atoms with E-state index < -0.39 is 0 Å². The van der Waals surface area contributed by atoms with Crippen LogP contribution in [0.2, 0.25) is 0 Å². The van der Waals surface area contributed by atoms with Gasteiger partial charge in [-0.2, -0.15) is 0 Å². The van der Waals surface area contributed by atoms with Gasteiger partial charge in [0.1, 0.15) is 0 Å². The van der Waals surface area contributed by atoms with E-state index in [-0.39, 0.29) is 5.91 Å². The zero-order chi connectivity index (χ0) is 13.4. The molecular formula is C14H16Br2N2O. The van der Waals surface area contributed by atoms with Crippen LogP contribution in [0.5, 0.6) is 0 Å². The van der Waals surface area contributed by atoms with E-state index in [1.165, 1.54) is 12.8 Å². The van der Waals surface area contributed by atoms with Crippen molar-refractivity contribution in [2.24, 2.45) is 5.92 Å². The Labute approximate surface area is 130 Å². The molecule has 0 bridgehead atoms. The minimum atomic E-state index is 0.176. The summed E-state index contributed by atoms with van der Waals surface area (Å²) in [6, 6.07) is 3.95. The van der Waals surface area contributed by atoms with Crippen molar-refractivity contribution in [3.63, 3.8) is 0 Å². The average Bonchev–Trinajstić information content (AvgIpc) is 2.69. The Bertz CT molecular complexity index is 512. The van der Waals surface area contributed by atoms with Gasteiger partial charge in [0.05, 0.1) is 0 Å². The van der Waals surface area contributed by atoms with Gasteiger partial charge in [0.25, 0.3) is 5.91 Å². The summed E-state index contributed by atoms with van der Waals surface area (Å²) in [7, 11) is 0. The van der Waals surface area contributed by atoms with Crippen LogP contribution < -0.4 is 5.32 Å². The average molecular weight is 388 g/mol. The lowest BCUT2D eigenvalue weighted by molar-refractivity contribution is 0.0740. The number of nitrogens with zero attached hydrogens (tertiary/aromatic N) is 1. The Hall–Kier alpha value is -0.390. The van der Waals surface area contributed by atoms with E-state index in [0.29, 0.717) is 5.92 Å². The number of benzene rings is 1.